The summed E-state index contributed by atoms with van der Waals surface area (Å²) in [5, 5.41) is 22.5. The highest BCUT2D eigenvalue weighted by Crippen LogP contribution is 2.23. The fourth-order valence-corrected chi connectivity index (χ4v) is 2.62. The average molecular weight is 370 g/mol. The monoisotopic (exact) mass is 370 g/mol. The first-order valence-corrected chi connectivity index (χ1v) is 8.84. The molecule has 0 fully saturated rings. The molecule has 0 bridgehead atoms. The van der Waals surface area contributed by atoms with E-state index in [1.54, 1.807) is 31.2 Å². The van der Waals surface area contributed by atoms with Crippen molar-refractivity contribution in [3.63, 3.8) is 0 Å². The van der Waals surface area contributed by atoms with E-state index in [2.05, 4.69) is 10.3 Å². The van der Waals surface area contributed by atoms with E-state index >= 15 is 0 Å². The van der Waals surface area contributed by atoms with Gasteiger partial charge in [-0.1, -0.05) is 6.07 Å². The molecule has 0 spiro atoms. The quantitative estimate of drug-likeness (QED) is 0.726. The van der Waals surface area contributed by atoms with Gasteiger partial charge in [0.15, 0.2) is 0 Å². The van der Waals surface area contributed by atoms with E-state index in [-0.39, 0.29) is 41.5 Å². The zero-order valence-electron chi connectivity index (χ0n) is 16.1. The lowest BCUT2D eigenvalue weighted by Gasteiger charge is -2.20. The highest BCUT2D eigenvalue weighted by molar-refractivity contribution is 5.93. The minimum absolute atomic E-state index is 0.0210. The van der Waals surface area contributed by atoms with E-state index < -0.39 is 6.10 Å². The summed E-state index contributed by atoms with van der Waals surface area (Å²) < 4.78 is 0. The van der Waals surface area contributed by atoms with Crippen LogP contribution in [0.5, 0.6) is 5.75 Å². The fraction of sp³-hybridized carbons (Fsp3) is 0.381. The van der Waals surface area contributed by atoms with Gasteiger partial charge in [0.05, 0.1) is 6.10 Å². The summed E-state index contributed by atoms with van der Waals surface area (Å²) in [4.78, 5) is 28.7. The predicted molar refractivity (Wildman–Crippen MR) is 103 cm³/mol. The van der Waals surface area contributed by atoms with Gasteiger partial charge in [-0.25, -0.2) is 0 Å². The Morgan fingerprint density at radius 2 is 1.85 bits per heavy atom. The third kappa shape index (κ3) is 6.18. The number of aromatic hydroxyl groups is 1. The van der Waals surface area contributed by atoms with Gasteiger partial charge >= 0.3 is 0 Å². The molecule has 0 saturated heterocycles. The molecular formula is C21H26N2O4. The van der Waals surface area contributed by atoms with Crippen LogP contribution in [0.25, 0.3) is 0 Å². The van der Waals surface area contributed by atoms with E-state index in [9.17, 15) is 19.8 Å². The number of hydrogen-bond acceptors (Lipinski definition) is 5. The Balaban J connectivity index is 2.09. The Labute approximate surface area is 159 Å². The SMILES string of the molecule is CC(O)c1ccc(O)c(CC(=O)Cc2ccnc(C(=O)NC(C)(C)C)c2)c1. The number of ketones is 1. The molecule has 27 heavy (non-hydrogen) atoms. The van der Waals surface area contributed by atoms with Gasteiger partial charge in [0, 0.05) is 30.1 Å². The van der Waals surface area contributed by atoms with Crippen LogP contribution in [-0.2, 0) is 17.6 Å². The summed E-state index contributed by atoms with van der Waals surface area (Å²) in [6.07, 6.45) is 0.990. The highest BCUT2D eigenvalue weighted by atomic mass is 16.3. The second-order valence-electron chi connectivity index (χ2n) is 7.71. The lowest BCUT2D eigenvalue weighted by Crippen LogP contribution is -2.40. The largest absolute Gasteiger partial charge is 0.508 e. The molecule has 1 aromatic heterocycles. The van der Waals surface area contributed by atoms with E-state index in [4.69, 9.17) is 0 Å². The lowest BCUT2D eigenvalue weighted by molar-refractivity contribution is -0.117. The number of phenolic OH excluding ortho intramolecular Hbond substituents is 1. The minimum atomic E-state index is -0.677. The molecule has 1 aromatic carbocycles. The molecule has 0 radical (unpaired) electrons. The second kappa shape index (κ2) is 8.31. The minimum Gasteiger partial charge on any atom is -0.508 e. The third-order valence-corrected chi connectivity index (χ3v) is 3.92. The maximum Gasteiger partial charge on any atom is 0.270 e. The zero-order chi connectivity index (χ0) is 20.2. The smallest absolute Gasteiger partial charge is 0.270 e. The normalized spacial score (nSPS) is 12.5. The molecule has 0 aliphatic carbocycles. The van der Waals surface area contributed by atoms with Crippen molar-refractivity contribution in [2.75, 3.05) is 0 Å². The van der Waals surface area contributed by atoms with Crippen LogP contribution in [0.2, 0.25) is 0 Å². The number of carbonyl (C=O) groups is 2. The van der Waals surface area contributed by atoms with Crippen LogP contribution >= 0.6 is 0 Å². The second-order valence-corrected chi connectivity index (χ2v) is 7.71. The molecule has 1 atom stereocenters. The van der Waals surface area contributed by atoms with Gasteiger partial charge in [-0.3, -0.25) is 14.6 Å². The predicted octanol–water partition coefficient (Wildman–Crippen LogP) is 2.72. The number of rotatable bonds is 6. The molecule has 1 amide bonds. The van der Waals surface area contributed by atoms with Gasteiger partial charge in [0.25, 0.3) is 5.91 Å². The number of amides is 1. The Hall–Kier alpha value is -2.73. The van der Waals surface area contributed by atoms with E-state index in [1.807, 2.05) is 20.8 Å². The average Bonchev–Trinajstić information content (AvgIpc) is 2.55. The maximum absolute atomic E-state index is 12.4. The van der Waals surface area contributed by atoms with Crippen LogP contribution in [0.3, 0.4) is 0 Å². The Kier molecular flexibility index (Phi) is 6.33. The number of phenols is 1. The number of aliphatic hydroxyl groups is 1. The number of nitrogens with one attached hydrogen (secondary N) is 1. The summed E-state index contributed by atoms with van der Waals surface area (Å²) in [6.45, 7) is 7.27. The van der Waals surface area contributed by atoms with Crippen LogP contribution in [0.1, 0.15) is 61.0 Å². The Morgan fingerprint density at radius 3 is 2.48 bits per heavy atom. The maximum atomic E-state index is 12.4. The van der Waals surface area contributed by atoms with Gasteiger partial charge < -0.3 is 15.5 Å². The molecular weight excluding hydrogens is 344 g/mol. The first-order chi connectivity index (χ1) is 12.5. The first-order valence-electron chi connectivity index (χ1n) is 8.84. The molecule has 0 aliphatic heterocycles. The molecule has 6 nitrogen and oxygen atoms in total. The Bertz CT molecular complexity index is 838. The van der Waals surface area contributed by atoms with Gasteiger partial charge in [-0.15, -0.1) is 0 Å². The molecule has 1 unspecified atom stereocenters. The Morgan fingerprint density at radius 1 is 1.15 bits per heavy atom. The van der Waals surface area contributed by atoms with Crippen molar-refractivity contribution in [2.24, 2.45) is 0 Å². The summed E-state index contributed by atoms with van der Waals surface area (Å²) in [7, 11) is 0. The van der Waals surface area contributed by atoms with Gasteiger partial charge in [0.1, 0.15) is 17.2 Å². The topological polar surface area (TPSA) is 99.5 Å². The number of Topliss-reactive ketones (excluding diaryl/α,β-unsaturated/α-hetero) is 1. The van der Waals surface area contributed by atoms with Crippen molar-refractivity contribution in [3.8, 4) is 5.75 Å². The third-order valence-electron chi connectivity index (χ3n) is 3.92. The molecule has 1 heterocycles. The zero-order valence-corrected chi connectivity index (χ0v) is 16.1. The van der Waals surface area contributed by atoms with E-state index in [0.717, 1.165) is 0 Å². The number of nitrogens with zero attached hydrogens (tertiary/aromatic N) is 1. The summed E-state index contributed by atoms with van der Waals surface area (Å²) >= 11 is 0. The number of aliphatic hydroxyl groups excluding tert-OH is 1. The molecule has 3 N–H and O–H groups in total. The molecule has 0 aliphatic rings. The lowest BCUT2D eigenvalue weighted by atomic mass is 9.99. The summed E-state index contributed by atoms with van der Waals surface area (Å²) in [5.41, 5.74) is 1.67. The summed E-state index contributed by atoms with van der Waals surface area (Å²) in [6, 6.07) is 8.03. The molecule has 2 rings (SSSR count). The standard InChI is InChI=1S/C21H26N2O4/c1-13(24)15-5-6-19(26)16(11-15)12-17(25)9-14-7-8-22-18(10-14)20(27)23-21(2,3)4/h5-8,10-11,13,24,26H,9,12H2,1-4H3,(H,23,27). The van der Waals surface area contributed by atoms with Crippen molar-refractivity contribution < 1.29 is 19.8 Å². The van der Waals surface area contributed by atoms with Crippen molar-refractivity contribution >= 4 is 11.7 Å². The highest BCUT2D eigenvalue weighted by Gasteiger charge is 2.17. The van der Waals surface area contributed by atoms with Gasteiger partial charge in [-0.05, 0) is 63.1 Å². The first kappa shape index (κ1) is 20.6. The number of aromatic nitrogens is 1. The van der Waals surface area contributed by atoms with Crippen molar-refractivity contribution in [2.45, 2.75) is 52.2 Å². The van der Waals surface area contributed by atoms with Crippen LogP contribution in [0.15, 0.2) is 36.5 Å². The van der Waals surface area contributed by atoms with Crippen LogP contribution in [0, 0.1) is 0 Å². The van der Waals surface area contributed by atoms with E-state index in [1.165, 1.54) is 12.3 Å². The fourth-order valence-electron chi connectivity index (χ4n) is 2.62. The summed E-state index contributed by atoms with van der Waals surface area (Å²) in [5.74, 6) is -0.381. The molecule has 144 valence electrons. The number of carbonyl (C=O) groups excluding carboxylic acids is 2. The van der Waals surface area contributed by atoms with Crippen molar-refractivity contribution in [3.05, 3.63) is 58.9 Å². The van der Waals surface area contributed by atoms with Crippen LogP contribution in [0.4, 0.5) is 0 Å². The molecule has 2 aromatic rings. The number of benzene rings is 1. The van der Waals surface area contributed by atoms with Gasteiger partial charge in [-0.2, -0.15) is 0 Å². The van der Waals surface area contributed by atoms with Crippen LogP contribution < -0.4 is 5.32 Å². The van der Waals surface area contributed by atoms with Crippen LogP contribution in [-0.4, -0.2) is 32.4 Å². The molecule has 0 saturated carbocycles. The van der Waals surface area contributed by atoms with Crippen molar-refractivity contribution in [1.29, 1.82) is 0 Å². The number of pyridine rings is 1. The van der Waals surface area contributed by atoms with Gasteiger partial charge in [0.2, 0.25) is 0 Å². The van der Waals surface area contributed by atoms with E-state index in [0.29, 0.717) is 16.7 Å². The molecule has 6 heteroatoms. The number of hydrogen-bond donors (Lipinski definition) is 3. The van der Waals surface area contributed by atoms with Crippen molar-refractivity contribution in [1.82, 2.24) is 10.3 Å².